The van der Waals surface area contributed by atoms with Crippen LogP contribution in [0.15, 0.2) is 42.5 Å². The van der Waals surface area contributed by atoms with Crippen molar-refractivity contribution >= 4 is 46.4 Å². The summed E-state index contributed by atoms with van der Waals surface area (Å²) in [7, 11) is 0. The highest BCUT2D eigenvalue weighted by Crippen LogP contribution is 2.26. The highest BCUT2D eigenvalue weighted by Gasteiger charge is 2.21. The van der Waals surface area contributed by atoms with E-state index in [4.69, 9.17) is 23.2 Å². The van der Waals surface area contributed by atoms with E-state index in [1.54, 1.807) is 36.4 Å². The number of carbonyl (C=O) groups is 2. The van der Waals surface area contributed by atoms with Gasteiger partial charge in [0, 0.05) is 32.9 Å². The molecule has 6 heteroatoms. The van der Waals surface area contributed by atoms with E-state index in [1.807, 2.05) is 6.07 Å². The van der Waals surface area contributed by atoms with Crippen molar-refractivity contribution in [2.24, 2.45) is 5.92 Å². The summed E-state index contributed by atoms with van der Waals surface area (Å²) in [5, 5.41) is 6.55. The molecule has 3 rings (SSSR count). The lowest BCUT2D eigenvalue weighted by Crippen LogP contribution is -2.24. The minimum atomic E-state index is -0.315. The Balaban J connectivity index is 1.66. The van der Waals surface area contributed by atoms with Gasteiger partial charge in [0.25, 0.3) is 5.91 Å². The average molecular weight is 391 g/mol. The molecular weight excluding hydrogens is 371 g/mol. The maximum absolute atomic E-state index is 12.4. The Morgan fingerprint density at radius 3 is 2.12 bits per heavy atom. The lowest BCUT2D eigenvalue weighted by molar-refractivity contribution is -0.120. The number of anilines is 2. The van der Waals surface area contributed by atoms with Crippen molar-refractivity contribution in [3.8, 4) is 0 Å². The summed E-state index contributed by atoms with van der Waals surface area (Å²) in [6, 6.07) is 11.8. The Labute approximate surface area is 162 Å². The zero-order chi connectivity index (χ0) is 18.5. The van der Waals surface area contributed by atoms with E-state index >= 15 is 0 Å². The van der Waals surface area contributed by atoms with Gasteiger partial charge in [0.2, 0.25) is 5.91 Å². The average Bonchev–Trinajstić information content (AvgIpc) is 2.62. The molecule has 1 fully saturated rings. The van der Waals surface area contributed by atoms with Gasteiger partial charge in [-0.15, -0.1) is 0 Å². The number of hydrogen-bond donors (Lipinski definition) is 2. The van der Waals surface area contributed by atoms with Crippen LogP contribution in [0.5, 0.6) is 0 Å². The van der Waals surface area contributed by atoms with Gasteiger partial charge in [0.15, 0.2) is 0 Å². The van der Waals surface area contributed by atoms with Crippen molar-refractivity contribution in [1.82, 2.24) is 0 Å². The van der Waals surface area contributed by atoms with Gasteiger partial charge in [-0.2, -0.15) is 0 Å². The first-order valence-corrected chi connectivity index (χ1v) is 9.45. The van der Waals surface area contributed by atoms with Gasteiger partial charge in [0.1, 0.15) is 0 Å². The van der Waals surface area contributed by atoms with Gasteiger partial charge in [-0.3, -0.25) is 9.59 Å². The van der Waals surface area contributed by atoms with Crippen LogP contribution in [0.4, 0.5) is 11.4 Å². The molecule has 0 saturated heterocycles. The fourth-order valence-corrected chi connectivity index (χ4v) is 3.70. The number of rotatable bonds is 4. The SMILES string of the molecule is O=C(Nc1cccc(NC(=O)C2CCCCC2)c1)c1cc(Cl)cc(Cl)c1. The number of benzene rings is 2. The number of carbonyl (C=O) groups excluding carboxylic acids is 2. The molecule has 136 valence electrons. The third-order valence-electron chi connectivity index (χ3n) is 4.49. The standard InChI is InChI=1S/C20H20Cl2N2O2/c21-15-9-14(10-16(22)11-15)20(26)24-18-8-4-7-17(12-18)23-19(25)13-5-2-1-3-6-13/h4,7-13H,1-3,5-6H2,(H,23,25)(H,24,26). The minimum absolute atomic E-state index is 0.0507. The van der Waals surface area contributed by atoms with E-state index < -0.39 is 0 Å². The zero-order valence-corrected chi connectivity index (χ0v) is 15.7. The summed E-state index contributed by atoms with van der Waals surface area (Å²) in [4.78, 5) is 24.8. The molecule has 0 unspecified atom stereocenters. The van der Waals surface area contributed by atoms with E-state index in [0.29, 0.717) is 27.0 Å². The molecule has 0 aliphatic heterocycles. The number of halogens is 2. The van der Waals surface area contributed by atoms with E-state index in [9.17, 15) is 9.59 Å². The second-order valence-corrected chi connectivity index (χ2v) is 7.39. The quantitative estimate of drug-likeness (QED) is 0.696. The molecule has 26 heavy (non-hydrogen) atoms. The summed E-state index contributed by atoms with van der Waals surface area (Å²) in [6.45, 7) is 0. The first-order valence-electron chi connectivity index (χ1n) is 8.69. The first kappa shape index (κ1) is 18.7. The van der Waals surface area contributed by atoms with Gasteiger partial charge in [-0.25, -0.2) is 0 Å². The summed E-state index contributed by atoms with van der Waals surface area (Å²) in [5.74, 6) is -0.185. The fourth-order valence-electron chi connectivity index (χ4n) is 3.17. The highest BCUT2D eigenvalue weighted by atomic mass is 35.5. The number of hydrogen-bond acceptors (Lipinski definition) is 2. The topological polar surface area (TPSA) is 58.2 Å². The molecule has 1 saturated carbocycles. The van der Waals surface area contributed by atoms with E-state index in [1.165, 1.54) is 6.42 Å². The molecule has 2 N–H and O–H groups in total. The summed E-state index contributed by atoms with van der Waals surface area (Å²) in [5.41, 5.74) is 1.63. The van der Waals surface area contributed by atoms with Gasteiger partial charge in [0.05, 0.1) is 0 Å². The first-order chi connectivity index (χ1) is 12.5. The third-order valence-corrected chi connectivity index (χ3v) is 4.93. The Hall–Kier alpha value is -2.04. The molecule has 0 spiro atoms. The van der Waals surface area contributed by atoms with Gasteiger partial charge in [-0.1, -0.05) is 48.5 Å². The predicted octanol–water partition coefficient (Wildman–Crippen LogP) is 5.76. The smallest absolute Gasteiger partial charge is 0.255 e. The summed E-state index contributed by atoms with van der Waals surface area (Å²) >= 11 is 11.9. The normalized spacial score (nSPS) is 14.7. The number of amides is 2. The maximum atomic E-state index is 12.4. The molecule has 0 aromatic heterocycles. The molecule has 2 aromatic carbocycles. The summed E-state index contributed by atoms with van der Waals surface area (Å²) in [6.07, 6.45) is 5.31. The Kier molecular flexibility index (Phi) is 6.17. The van der Waals surface area contributed by atoms with Crippen LogP contribution < -0.4 is 10.6 Å². The largest absolute Gasteiger partial charge is 0.326 e. The van der Waals surface area contributed by atoms with Crippen molar-refractivity contribution in [3.63, 3.8) is 0 Å². The summed E-state index contributed by atoms with van der Waals surface area (Å²) < 4.78 is 0. The lowest BCUT2D eigenvalue weighted by atomic mass is 9.88. The van der Waals surface area contributed by atoms with Crippen LogP contribution in [-0.4, -0.2) is 11.8 Å². The van der Waals surface area contributed by atoms with Gasteiger partial charge in [-0.05, 0) is 49.2 Å². The van der Waals surface area contributed by atoms with Crippen molar-refractivity contribution in [1.29, 1.82) is 0 Å². The van der Waals surface area contributed by atoms with Crippen LogP contribution in [0.25, 0.3) is 0 Å². The van der Waals surface area contributed by atoms with Gasteiger partial charge >= 0.3 is 0 Å². The molecule has 0 radical (unpaired) electrons. The molecule has 4 nitrogen and oxygen atoms in total. The van der Waals surface area contributed by atoms with Crippen LogP contribution in [0, 0.1) is 5.92 Å². The zero-order valence-electron chi connectivity index (χ0n) is 14.2. The molecule has 1 aliphatic rings. The Morgan fingerprint density at radius 1 is 0.846 bits per heavy atom. The second kappa shape index (κ2) is 8.56. The maximum Gasteiger partial charge on any atom is 0.255 e. The van der Waals surface area contributed by atoms with Crippen LogP contribution in [0.1, 0.15) is 42.5 Å². The van der Waals surface area contributed by atoms with Crippen LogP contribution in [0.2, 0.25) is 10.0 Å². The van der Waals surface area contributed by atoms with Crippen molar-refractivity contribution in [3.05, 3.63) is 58.1 Å². The van der Waals surface area contributed by atoms with Crippen molar-refractivity contribution in [2.75, 3.05) is 10.6 Å². The van der Waals surface area contributed by atoms with Crippen LogP contribution in [0.3, 0.4) is 0 Å². The molecule has 1 aliphatic carbocycles. The lowest BCUT2D eigenvalue weighted by Gasteiger charge is -2.20. The van der Waals surface area contributed by atoms with Crippen LogP contribution >= 0.6 is 23.2 Å². The third kappa shape index (κ3) is 4.99. The molecule has 2 amide bonds. The van der Waals surface area contributed by atoms with E-state index in [0.717, 1.165) is 25.7 Å². The number of nitrogens with one attached hydrogen (secondary N) is 2. The van der Waals surface area contributed by atoms with E-state index in [2.05, 4.69) is 10.6 Å². The molecule has 0 atom stereocenters. The van der Waals surface area contributed by atoms with Gasteiger partial charge < -0.3 is 10.6 Å². The van der Waals surface area contributed by atoms with E-state index in [-0.39, 0.29) is 17.7 Å². The monoisotopic (exact) mass is 390 g/mol. The fraction of sp³-hybridized carbons (Fsp3) is 0.300. The van der Waals surface area contributed by atoms with Crippen LogP contribution in [-0.2, 0) is 4.79 Å². The molecule has 2 aromatic rings. The second-order valence-electron chi connectivity index (χ2n) is 6.52. The molecule has 0 bridgehead atoms. The molecular formula is C20H20Cl2N2O2. The van der Waals surface area contributed by atoms with Crippen molar-refractivity contribution in [2.45, 2.75) is 32.1 Å². The Morgan fingerprint density at radius 2 is 1.46 bits per heavy atom. The van der Waals surface area contributed by atoms with Crippen molar-refractivity contribution < 1.29 is 9.59 Å². The highest BCUT2D eigenvalue weighted by molar-refractivity contribution is 6.35. The predicted molar refractivity (Wildman–Crippen MR) is 106 cm³/mol. The minimum Gasteiger partial charge on any atom is -0.326 e. The molecule has 0 heterocycles. The Bertz CT molecular complexity index is 797.